The number of nitrogens with one attached hydrogen (secondary N) is 1. The van der Waals surface area contributed by atoms with Gasteiger partial charge in [0.2, 0.25) is 11.4 Å². The Labute approximate surface area is 211 Å². The van der Waals surface area contributed by atoms with E-state index in [9.17, 15) is 14.0 Å². The van der Waals surface area contributed by atoms with Crippen LogP contribution in [0.25, 0.3) is 16.7 Å². The van der Waals surface area contributed by atoms with E-state index in [1.54, 1.807) is 7.11 Å². The molecule has 11 heteroatoms. The Balaban J connectivity index is 1.76. The molecule has 4 aromatic rings. The molecule has 0 spiro atoms. The molecule has 37 heavy (non-hydrogen) atoms. The maximum Gasteiger partial charge on any atom is 0.256 e. The van der Waals surface area contributed by atoms with Crippen LogP contribution < -0.4 is 27.1 Å². The first kappa shape index (κ1) is 24.3. The monoisotopic (exact) mass is 503 g/mol. The number of hydrogen-bond donors (Lipinski definition) is 3. The molecule has 0 saturated carbocycles. The minimum absolute atomic E-state index is 0.0146. The van der Waals surface area contributed by atoms with Crippen molar-refractivity contribution in [2.75, 3.05) is 24.3 Å². The van der Waals surface area contributed by atoms with Crippen LogP contribution in [0.4, 0.5) is 21.8 Å². The molecule has 2 atom stereocenters. The van der Waals surface area contributed by atoms with Crippen molar-refractivity contribution in [3.63, 3.8) is 0 Å². The highest BCUT2D eigenvalue weighted by Crippen LogP contribution is 2.31. The number of aromatic nitrogens is 3. The summed E-state index contributed by atoms with van der Waals surface area (Å²) in [4.78, 5) is 36.7. The van der Waals surface area contributed by atoms with Crippen LogP contribution in [-0.4, -0.2) is 46.4 Å². The van der Waals surface area contributed by atoms with Gasteiger partial charge in [0.15, 0.2) is 5.65 Å². The molecule has 5 rings (SSSR count). The predicted octanol–water partition coefficient (Wildman–Crippen LogP) is 2.46. The zero-order valence-electron chi connectivity index (χ0n) is 20.1. The van der Waals surface area contributed by atoms with Crippen LogP contribution >= 0.6 is 0 Å². The van der Waals surface area contributed by atoms with Gasteiger partial charge >= 0.3 is 0 Å². The molecular formula is C26H26FN7O3. The second kappa shape index (κ2) is 9.96. The van der Waals surface area contributed by atoms with E-state index in [0.29, 0.717) is 18.1 Å². The number of piperidine rings is 1. The van der Waals surface area contributed by atoms with E-state index in [1.165, 1.54) is 35.0 Å². The highest BCUT2D eigenvalue weighted by molar-refractivity contribution is 6.01. The van der Waals surface area contributed by atoms with Crippen LogP contribution in [0.5, 0.6) is 0 Å². The van der Waals surface area contributed by atoms with Gasteiger partial charge in [-0.3, -0.25) is 19.5 Å². The summed E-state index contributed by atoms with van der Waals surface area (Å²) < 4.78 is 20.7. The lowest BCUT2D eigenvalue weighted by Crippen LogP contribution is -2.47. The quantitative estimate of drug-likeness (QED) is 0.364. The maximum atomic E-state index is 13.7. The second-order valence-electron chi connectivity index (χ2n) is 8.73. The molecule has 0 bridgehead atoms. The van der Waals surface area contributed by atoms with Crippen molar-refractivity contribution in [2.24, 2.45) is 5.73 Å². The highest BCUT2D eigenvalue weighted by atomic mass is 19.1. The van der Waals surface area contributed by atoms with Gasteiger partial charge in [-0.1, -0.05) is 18.2 Å². The van der Waals surface area contributed by atoms with E-state index >= 15 is 0 Å². The molecule has 10 nitrogen and oxygen atoms in total. The van der Waals surface area contributed by atoms with Gasteiger partial charge in [0.05, 0.1) is 5.39 Å². The predicted molar refractivity (Wildman–Crippen MR) is 138 cm³/mol. The zero-order chi connectivity index (χ0) is 26.1. The van der Waals surface area contributed by atoms with Crippen LogP contribution in [0.3, 0.4) is 0 Å². The van der Waals surface area contributed by atoms with Crippen LogP contribution in [0, 0.1) is 5.82 Å². The lowest BCUT2D eigenvalue weighted by Gasteiger charge is -2.37. The summed E-state index contributed by atoms with van der Waals surface area (Å²) in [5, 5.41) is 3.39. The molecule has 2 aromatic carbocycles. The van der Waals surface area contributed by atoms with Crippen molar-refractivity contribution >= 4 is 34.4 Å². The smallest absolute Gasteiger partial charge is 0.256 e. The van der Waals surface area contributed by atoms with Crippen LogP contribution in [-0.2, 0) is 4.74 Å². The van der Waals surface area contributed by atoms with Gasteiger partial charge in [-0.25, -0.2) is 9.37 Å². The summed E-state index contributed by atoms with van der Waals surface area (Å²) in [7, 11) is 1.65. The molecule has 1 aliphatic rings. The average molecular weight is 504 g/mol. The summed E-state index contributed by atoms with van der Waals surface area (Å²) in [6, 6.07) is 15.1. The molecule has 2 aromatic heterocycles. The van der Waals surface area contributed by atoms with E-state index < -0.39 is 17.2 Å². The Hall–Kier alpha value is -4.35. The number of halogens is 1. The van der Waals surface area contributed by atoms with E-state index in [2.05, 4.69) is 10.3 Å². The fourth-order valence-corrected chi connectivity index (χ4v) is 4.73. The number of hydrogen-bond acceptors (Lipinski definition) is 8. The number of benzene rings is 2. The van der Waals surface area contributed by atoms with E-state index in [-0.39, 0.29) is 34.7 Å². The minimum Gasteiger partial charge on any atom is -0.384 e. The van der Waals surface area contributed by atoms with Crippen LogP contribution in [0.15, 0.2) is 65.6 Å². The van der Waals surface area contributed by atoms with Gasteiger partial charge < -0.3 is 21.1 Å². The molecule has 0 aliphatic carbocycles. The first-order chi connectivity index (χ1) is 17.9. The number of nitrogens with zero attached hydrogens (tertiary/aromatic N) is 4. The Kier molecular flexibility index (Phi) is 6.55. The molecule has 1 saturated heterocycles. The van der Waals surface area contributed by atoms with Crippen LogP contribution in [0.1, 0.15) is 23.2 Å². The number of primary amides is 1. The first-order valence-corrected chi connectivity index (χ1v) is 11.8. The van der Waals surface area contributed by atoms with Crippen molar-refractivity contribution in [1.82, 2.24) is 19.9 Å². The average Bonchev–Trinajstić information content (AvgIpc) is 2.90. The number of carbonyl (C=O) groups is 1. The Morgan fingerprint density at radius 1 is 1.19 bits per heavy atom. The van der Waals surface area contributed by atoms with E-state index in [4.69, 9.17) is 21.2 Å². The van der Waals surface area contributed by atoms with Gasteiger partial charge in [-0.2, -0.15) is 4.98 Å². The van der Waals surface area contributed by atoms with Crippen LogP contribution in [0.2, 0.25) is 0 Å². The first-order valence-electron chi connectivity index (χ1n) is 11.8. The fourth-order valence-electron chi connectivity index (χ4n) is 4.73. The van der Waals surface area contributed by atoms with Crippen molar-refractivity contribution in [1.29, 1.82) is 0 Å². The maximum absolute atomic E-state index is 13.7. The molecule has 5 N–H and O–H groups in total. The summed E-state index contributed by atoms with van der Waals surface area (Å²) >= 11 is 0. The van der Waals surface area contributed by atoms with Gasteiger partial charge in [0.1, 0.15) is 23.4 Å². The third-order valence-electron chi connectivity index (χ3n) is 6.50. The van der Waals surface area contributed by atoms with E-state index in [0.717, 1.165) is 18.7 Å². The summed E-state index contributed by atoms with van der Waals surface area (Å²) in [6.07, 6.45) is 2.69. The largest absolute Gasteiger partial charge is 0.384 e. The summed E-state index contributed by atoms with van der Waals surface area (Å²) in [5.74, 6) is -1.28. The van der Waals surface area contributed by atoms with Crippen molar-refractivity contribution in [3.8, 4) is 5.69 Å². The minimum atomic E-state index is -0.976. The number of methoxy groups -OCH3 is 1. The van der Waals surface area contributed by atoms with Crippen molar-refractivity contribution < 1.29 is 13.9 Å². The number of ether oxygens (including phenoxy) is 1. The standard InChI is InChI=1S/C26H26FN7O3/c1-37-20-13-18(11-12-30-20)33(16-5-3-2-4-6-16)26-31-14-19-22(35)21(24(29)36)23(28)34(25(19)32-26)17-9-7-15(27)8-10-17/h2-10,14,18,20,30H,11-13,28H2,1H3,(H2,29,36). The molecule has 3 heterocycles. The topological polar surface area (TPSA) is 141 Å². The lowest BCUT2D eigenvalue weighted by molar-refractivity contribution is 0.0461. The number of fused-ring (bicyclic) bond motifs is 1. The Morgan fingerprint density at radius 3 is 2.59 bits per heavy atom. The fraction of sp³-hybridized carbons (Fsp3) is 0.231. The molecule has 1 amide bonds. The number of rotatable bonds is 6. The van der Waals surface area contributed by atoms with Crippen molar-refractivity contribution in [2.45, 2.75) is 25.1 Å². The number of amides is 1. The summed E-state index contributed by atoms with van der Waals surface area (Å²) in [6.45, 7) is 0.731. The van der Waals surface area contributed by atoms with Gasteiger partial charge in [-0.15, -0.1) is 0 Å². The van der Waals surface area contributed by atoms with Gasteiger partial charge in [-0.05, 0) is 49.4 Å². The van der Waals surface area contributed by atoms with Gasteiger partial charge in [0, 0.05) is 37.1 Å². The van der Waals surface area contributed by atoms with E-state index in [1.807, 2.05) is 35.2 Å². The number of carbonyl (C=O) groups excluding carboxylic acids is 1. The summed E-state index contributed by atoms with van der Waals surface area (Å²) in [5.41, 5.74) is 12.2. The molecule has 1 aliphatic heterocycles. The number of para-hydroxylation sites is 1. The highest BCUT2D eigenvalue weighted by Gasteiger charge is 2.30. The molecule has 1 fully saturated rings. The Morgan fingerprint density at radius 2 is 1.92 bits per heavy atom. The number of nitrogens with two attached hydrogens (primary N) is 2. The molecule has 0 radical (unpaired) electrons. The number of nitrogen functional groups attached to an aromatic ring is 1. The number of anilines is 3. The number of pyridine rings is 1. The molecule has 190 valence electrons. The zero-order valence-corrected chi connectivity index (χ0v) is 20.1. The van der Waals surface area contributed by atoms with Gasteiger partial charge in [0.25, 0.3) is 5.91 Å². The normalized spacial score (nSPS) is 17.6. The van der Waals surface area contributed by atoms with Crippen molar-refractivity contribution in [3.05, 3.63) is 82.4 Å². The third-order valence-corrected chi connectivity index (χ3v) is 6.50. The molecular weight excluding hydrogens is 477 g/mol. The lowest BCUT2D eigenvalue weighted by atomic mass is 10.0. The second-order valence-corrected chi connectivity index (χ2v) is 8.73. The molecule has 2 unspecified atom stereocenters. The SMILES string of the molecule is COC1CC(N(c2ccccc2)c2ncc3c(=O)c(C(N)=O)c(N)n(-c4ccc(F)cc4)c3n2)CCN1. The Bertz CT molecular complexity index is 1510. The third kappa shape index (κ3) is 4.50.